The Bertz CT molecular complexity index is 490. The smallest absolute Gasteiger partial charge is 0.308 e. The predicted octanol–water partition coefficient (Wildman–Crippen LogP) is 2.23. The highest BCUT2D eigenvalue weighted by atomic mass is 35.5. The highest BCUT2D eigenvalue weighted by Gasteiger charge is 2.20. The molecule has 1 atom stereocenters. The molecule has 104 valence electrons. The lowest BCUT2D eigenvalue weighted by molar-refractivity contribution is -0.141. The molecule has 5 nitrogen and oxygen atoms in total. The van der Waals surface area contributed by atoms with Crippen molar-refractivity contribution in [3.63, 3.8) is 0 Å². The maximum absolute atomic E-state index is 12.2. The zero-order chi connectivity index (χ0) is 14.6. The van der Waals surface area contributed by atoms with Gasteiger partial charge in [0.25, 0.3) is 5.91 Å². The minimum atomic E-state index is -0.949. The molecule has 0 heterocycles. The Balaban J connectivity index is 2.89. The fourth-order valence-electron chi connectivity index (χ4n) is 1.59. The average Bonchev–Trinajstić information content (AvgIpc) is 2.37. The summed E-state index contributed by atoms with van der Waals surface area (Å²) in [5.74, 6) is -2.00. The normalized spacial score (nSPS) is 11.9. The summed E-state index contributed by atoms with van der Waals surface area (Å²) in [6, 6.07) is 4.16. The van der Waals surface area contributed by atoms with Crippen LogP contribution in [-0.4, -0.2) is 40.1 Å². The van der Waals surface area contributed by atoms with E-state index in [1.54, 1.807) is 13.8 Å². The molecule has 0 bridgehead atoms. The van der Waals surface area contributed by atoms with Gasteiger partial charge in [-0.25, -0.2) is 0 Å². The van der Waals surface area contributed by atoms with Crippen molar-refractivity contribution < 1.29 is 19.8 Å². The second-order valence-corrected chi connectivity index (χ2v) is 4.66. The number of rotatable bonds is 5. The Labute approximate surface area is 116 Å². The number of benzene rings is 1. The number of amides is 1. The molecular formula is C13H16ClNO4. The number of phenols is 1. The minimum absolute atomic E-state index is 0.0909. The molecule has 0 fully saturated rings. The van der Waals surface area contributed by atoms with Crippen LogP contribution < -0.4 is 0 Å². The van der Waals surface area contributed by atoms with Gasteiger partial charge in [-0.1, -0.05) is 18.5 Å². The van der Waals surface area contributed by atoms with E-state index in [0.717, 1.165) is 0 Å². The van der Waals surface area contributed by atoms with Crippen molar-refractivity contribution in [3.8, 4) is 5.75 Å². The molecule has 2 N–H and O–H groups in total. The van der Waals surface area contributed by atoms with Gasteiger partial charge in [-0.2, -0.15) is 0 Å². The summed E-state index contributed by atoms with van der Waals surface area (Å²) >= 11 is 5.75. The number of aromatic hydroxyl groups is 1. The lowest BCUT2D eigenvalue weighted by Gasteiger charge is -2.23. The number of halogens is 1. The fourth-order valence-corrected chi connectivity index (χ4v) is 1.77. The molecule has 19 heavy (non-hydrogen) atoms. The van der Waals surface area contributed by atoms with Gasteiger partial charge >= 0.3 is 5.97 Å². The zero-order valence-corrected chi connectivity index (χ0v) is 11.5. The van der Waals surface area contributed by atoms with E-state index in [1.807, 2.05) is 0 Å². The molecule has 0 spiro atoms. The van der Waals surface area contributed by atoms with Crippen molar-refractivity contribution in [2.75, 3.05) is 13.1 Å². The summed E-state index contributed by atoms with van der Waals surface area (Å²) in [5.41, 5.74) is 0.322. The van der Waals surface area contributed by atoms with E-state index >= 15 is 0 Å². The Kier molecular flexibility index (Phi) is 5.18. The molecule has 1 rings (SSSR count). The molecule has 0 saturated heterocycles. The summed E-state index contributed by atoms with van der Waals surface area (Å²) in [5, 5.41) is 18.3. The summed E-state index contributed by atoms with van der Waals surface area (Å²) in [6.07, 6.45) is 0. The van der Waals surface area contributed by atoms with Crippen LogP contribution in [0.25, 0.3) is 0 Å². The first-order valence-electron chi connectivity index (χ1n) is 5.87. The number of carboxylic acids is 1. The van der Waals surface area contributed by atoms with Gasteiger partial charge in [0.2, 0.25) is 0 Å². The number of phenolic OH excluding ortho intramolecular Hbond substituents is 1. The van der Waals surface area contributed by atoms with Crippen molar-refractivity contribution in [2.45, 2.75) is 13.8 Å². The first-order valence-corrected chi connectivity index (χ1v) is 6.25. The number of aliphatic carboxylic acids is 1. The van der Waals surface area contributed by atoms with Crippen LogP contribution in [0.2, 0.25) is 5.02 Å². The van der Waals surface area contributed by atoms with Crippen LogP contribution in [0.15, 0.2) is 18.2 Å². The van der Waals surface area contributed by atoms with Crippen molar-refractivity contribution in [3.05, 3.63) is 28.8 Å². The highest BCUT2D eigenvalue weighted by molar-refractivity contribution is 6.32. The quantitative estimate of drug-likeness (QED) is 0.869. The third-order valence-corrected chi connectivity index (χ3v) is 3.08. The van der Waals surface area contributed by atoms with Crippen LogP contribution >= 0.6 is 11.6 Å². The van der Waals surface area contributed by atoms with Crippen molar-refractivity contribution >= 4 is 23.5 Å². The largest absolute Gasteiger partial charge is 0.506 e. The van der Waals surface area contributed by atoms with Gasteiger partial charge in [0.05, 0.1) is 10.9 Å². The van der Waals surface area contributed by atoms with Gasteiger partial charge in [0.1, 0.15) is 5.75 Å². The SMILES string of the molecule is CCN(CC(C)C(=O)O)C(=O)c1ccc(O)c(Cl)c1. The number of hydrogen-bond donors (Lipinski definition) is 2. The number of carboxylic acid groups (broad SMARTS) is 1. The molecule has 1 unspecified atom stereocenters. The van der Waals surface area contributed by atoms with Gasteiger partial charge in [-0.15, -0.1) is 0 Å². The van der Waals surface area contributed by atoms with E-state index in [9.17, 15) is 14.7 Å². The lowest BCUT2D eigenvalue weighted by atomic mass is 10.1. The van der Waals surface area contributed by atoms with E-state index in [-0.39, 0.29) is 23.2 Å². The van der Waals surface area contributed by atoms with Crippen molar-refractivity contribution in [1.82, 2.24) is 4.90 Å². The van der Waals surface area contributed by atoms with Crippen LogP contribution in [0.1, 0.15) is 24.2 Å². The molecule has 0 radical (unpaired) electrons. The van der Waals surface area contributed by atoms with E-state index in [1.165, 1.54) is 23.1 Å². The van der Waals surface area contributed by atoms with E-state index in [4.69, 9.17) is 16.7 Å². The van der Waals surface area contributed by atoms with E-state index in [2.05, 4.69) is 0 Å². The molecule has 0 aliphatic heterocycles. The number of hydrogen-bond acceptors (Lipinski definition) is 3. The molecule has 1 aromatic rings. The average molecular weight is 286 g/mol. The van der Waals surface area contributed by atoms with Gasteiger partial charge < -0.3 is 15.1 Å². The van der Waals surface area contributed by atoms with Gasteiger partial charge in [0.15, 0.2) is 0 Å². The minimum Gasteiger partial charge on any atom is -0.506 e. The summed E-state index contributed by atoms with van der Waals surface area (Å²) in [6.45, 7) is 3.84. The first kappa shape index (κ1) is 15.3. The number of carbonyl (C=O) groups excluding carboxylic acids is 1. The molecular weight excluding hydrogens is 270 g/mol. The predicted molar refractivity (Wildman–Crippen MR) is 71.5 cm³/mol. The van der Waals surface area contributed by atoms with Crippen LogP contribution in [0, 0.1) is 5.92 Å². The zero-order valence-electron chi connectivity index (χ0n) is 10.8. The molecule has 1 amide bonds. The molecule has 1 aromatic carbocycles. The second kappa shape index (κ2) is 6.43. The van der Waals surface area contributed by atoms with Crippen LogP contribution in [-0.2, 0) is 4.79 Å². The fraction of sp³-hybridized carbons (Fsp3) is 0.385. The third kappa shape index (κ3) is 3.86. The van der Waals surface area contributed by atoms with Crippen molar-refractivity contribution in [1.29, 1.82) is 0 Å². The second-order valence-electron chi connectivity index (χ2n) is 4.25. The van der Waals surface area contributed by atoms with Gasteiger partial charge in [-0.05, 0) is 25.1 Å². The van der Waals surface area contributed by atoms with E-state index < -0.39 is 11.9 Å². The Hall–Kier alpha value is -1.75. The van der Waals surface area contributed by atoms with Gasteiger partial charge in [-0.3, -0.25) is 9.59 Å². The topological polar surface area (TPSA) is 77.8 Å². The molecule has 6 heteroatoms. The standard InChI is InChI=1S/C13H16ClNO4/c1-3-15(7-8(2)13(18)19)12(17)9-4-5-11(16)10(14)6-9/h4-6,8,16H,3,7H2,1-2H3,(H,18,19). The molecule has 0 saturated carbocycles. The lowest BCUT2D eigenvalue weighted by Crippen LogP contribution is -2.36. The van der Waals surface area contributed by atoms with Crippen LogP contribution in [0.4, 0.5) is 0 Å². The molecule has 0 aromatic heterocycles. The maximum atomic E-state index is 12.2. The monoisotopic (exact) mass is 285 g/mol. The highest BCUT2D eigenvalue weighted by Crippen LogP contribution is 2.24. The van der Waals surface area contributed by atoms with E-state index in [0.29, 0.717) is 12.1 Å². The third-order valence-electron chi connectivity index (χ3n) is 2.78. The molecule has 0 aliphatic rings. The maximum Gasteiger partial charge on any atom is 0.308 e. The van der Waals surface area contributed by atoms with Crippen LogP contribution in [0.3, 0.4) is 0 Å². The Morgan fingerprint density at radius 1 is 1.42 bits per heavy atom. The molecule has 0 aliphatic carbocycles. The van der Waals surface area contributed by atoms with Gasteiger partial charge in [0, 0.05) is 18.7 Å². The Morgan fingerprint density at radius 3 is 2.53 bits per heavy atom. The number of nitrogens with zero attached hydrogens (tertiary/aromatic N) is 1. The summed E-state index contributed by atoms with van der Waals surface area (Å²) in [7, 11) is 0. The summed E-state index contributed by atoms with van der Waals surface area (Å²) < 4.78 is 0. The summed E-state index contributed by atoms with van der Waals surface area (Å²) in [4.78, 5) is 24.4. The number of carbonyl (C=O) groups is 2. The van der Waals surface area contributed by atoms with Crippen molar-refractivity contribution in [2.24, 2.45) is 5.92 Å². The first-order chi connectivity index (χ1) is 8.86. The van der Waals surface area contributed by atoms with Crippen LogP contribution in [0.5, 0.6) is 5.75 Å². The Morgan fingerprint density at radius 2 is 2.05 bits per heavy atom.